The summed E-state index contributed by atoms with van der Waals surface area (Å²) in [5, 5.41) is 16.9. The summed E-state index contributed by atoms with van der Waals surface area (Å²) < 4.78 is 0. The summed E-state index contributed by atoms with van der Waals surface area (Å²) in [7, 11) is 1.52. The molecule has 7 nitrogen and oxygen atoms in total. The van der Waals surface area contributed by atoms with E-state index in [9.17, 15) is 14.4 Å². The number of benzene rings is 1. The van der Waals surface area contributed by atoms with E-state index in [-0.39, 0.29) is 23.8 Å². The maximum absolute atomic E-state index is 12.3. The Morgan fingerprint density at radius 2 is 1.57 bits per heavy atom. The third-order valence-corrected chi connectivity index (χ3v) is 4.06. The molecule has 0 bridgehead atoms. The van der Waals surface area contributed by atoms with Crippen LogP contribution in [0.5, 0.6) is 0 Å². The Kier molecular flexibility index (Phi) is 5.56. The normalized spacial score (nSPS) is 20.4. The summed E-state index contributed by atoms with van der Waals surface area (Å²) >= 11 is 0. The number of amides is 3. The van der Waals surface area contributed by atoms with E-state index in [4.69, 9.17) is 5.11 Å². The van der Waals surface area contributed by atoms with Crippen LogP contribution in [0.2, 0.25) is 0 Å². The SMILES string of the molecule is CNC(=O)Nc1cccc(NC(=O)C2CCC(C(=O)O)CC2)c1. The number of hydrogen-bond acceptors (Lipinski definition) is 3. The predicted octanol–water partition coefficient (Wildman–Crippen LogP) is 2.27. The second-order valence-electron chi connectivity index (χ2n) is 5.66. The van der Waals surface area contributed by atoms with Gasteiger partial charge in [-0.15, -0.1) is 0 Å². The second-order valence-corrected chi connectivity index (χ2v) is 5.66. The van der Waals surface area contributed by atoms with E-state index in [0.29, 0.717) is 37.1 Å². The maximum Gasteiger partial charge on any atom is 0.318 e. The van der Waals surface area contributed by atoms with Crippen LogP contribution in [-0.2, 0) is 9.59 Å². The van der Waals surface area contributed by atoms with Crippen LogP contribution >= 0.6 is 0 Å². The number of rotatable bonds is 4. The van der Waals surface area contributed by atoms with Gasteiger partial charge >= 0.3 is 12.0 Å². The number of aliphatic carboxylic acids is 1. The van der Waals surface area contributed by atoms with E-state index < -0.39 is 5.97 Å². The number of carbonyl (C=O) groups excluding carboxylic acids is 2. The van der Waals surface area contributed by atoms with Crippen molar-refractivity contribution in [2.45, 2.75) is 25.7 Å². The van der Waals surface area contributed by atoms with Crippen molar-refractivity contribution in [2.75, 3.05) is 17.7 Å². The van der Waals surface area contributed by atoms with Gasteiger partial charge < -0.3 is 21.1 Å². The van der Waals surface area contributed by atoms with Gasteiger partial charge in [0.2, 0.25) is 5.91 Å². The van der Waals surface area contributed by atoms with Gasteiger partial charge in [0, 0.05) is 24.3 Å². The van der Waals surface area contributed by atoms with Crippen molar-refractivity contribution in [3.63, 3.8) is 0 Å². The van der Waals surface area contributed by atoms with Crippen molar-refractivity contribution in [1.29, 1.82) is 0 Å². The largest absolute Gasteiger partial charge is 0.481 e. The molecule has 1 fully saturated rings. The highest BCUT2D eigenvalue weighted by molar-refractivity contribution is 5.94. The molecule has 1 aromatic carbocycles. The quantitative estimate of drug-likeness (QED) is 0.682. The first-order chi connectivity index (χ1) is 11.0. The molecular weight excluding hydrogens is 298 g/mol. The fourth-order valence-electron chi connectivity index (χ4n) is 2.72. The molecule has 0 saturated heterocycles. The lowest BCUT2D eigenvalue weighted by Crippen LogP contribution is -2.29. The van der Waals surface area contributed by atoms with Crippen molar-refractivity contribution in [3.8, 4) is 0 Å². The number of carboxylic acid groups (broad SMARTS) is 1. The lowest BCUT2D eigenvalue weighted by molar-refractivity contribution is -0.143. The first-order valence-electron chi connectivity index (χ1n) is 7.62. The topological polar surface area (TPSA) is 108 Å². The first-order valence-corrected chi connectivity index (χ1v) is 7.62. The van der Waals surface area contributed by atoms with Crippen LogP contribution in [0.4, 0.5) is 16.2 Å². The summed E-state index contributed by atoms with van der Waals surface area (Å²) in [6.45, 7) is 0. The Balaban J connectivity index is 1.92. The number of hydrogen-bond donors (Lipinski definition) is 4. The molecule has 23 heavy (non-hydrogen) atoms. The lowest BCUT2D eigenvalue weighted by Gasteiger charge is -2.25. The number of urea groups is 1. The monoisotopic (exact) mass is 319 g/mol. The maximum atomic E-state index is 12.3. The minimum Gasteiger partial charge on any atom is -0.481 e. The lowest BCUT2D eigenvalue weighted by atomic mass is 9.81. The molecule has 0 spiro atoms. The van der Waals surface area contributed by atoms with E-state index >= 15 is 0 Å². The minimum absolute atomic E-state index is 0.106. The third-order valence-electron chi connectivity index (χ3n) is 4.06. The van der Waals surface area contributed by atoms with Gasteiger partial charge in [-0.1, -0.05) is 6.07 Å². The number of carbonyl (C=O) groups is 3. The molecule has 0 radical (unpaired) electrons. The average molecular weight is 319 g/mol. The average Bonchev–Trinajstić information content (AvgIpc) is 2.55. The molecular formula is C16H21N3O4. The smallest absolute Gasteiger partial charge is 0.318 e. The molecule has 0 heterocycles. The molecule has 7 heteroatoms. The summed E-state index contributed by atoms with van der Waals surface area (Å²) in [6, 6.07) is 6.55. The van der Waals surface area contributed by atoms with Crippen LogP contribution in [0.25, 0.3) is 0 Å². The van der Waals surface area contributed by atoms with E-state index in [1.165, 1.54) is 7.05 Å². The van der Waals surface area contributed by atoms with E-state index in [0.717, 1.165) is 0 Å². The van der Waals surface area contributed by atoms with Crippen molar-refractivity contribution < 1.29 is 19.5 Å². The van der Waals surface area contributed by atoms with Gasteiger partial charge in [-0.05, 0) is 43.9 Å². The minimum atomic E-state index is -0.781. The fourth-order valence-corrected chi connectivity index (χ4v) is 2.72. The van der Waals surface area contributed by atoms with Crippen LogP contribution in [0.3, 0.4) is 0 Å². The molecule has 1 aromatic rings. The zero-order valence-electron chi connectivity index (χ0n) is 13.0. The molecule has 1 saturated carbocycles. The van der Waals surface area contributed by atoms with Crippen LogP contribution in [-0.4, -0.2) is 30.1 Å². The number of anilines is 2. The van der Waals surface area contributed by atoms with E-state index in [1.54, 1.807) is 24.3 Å². The molecule has 1 aliphatic carbocycles. The van der Waals surface area contributed by atoms with Crippen molar-refractivity contribution >= 4 is 29.3 Å². The second kappa shape index (κ2) is 7.62. The van der Waals surface area contributed by atoms with Crippen LogP contribution in [0.1, 0.15) is 25.7 Å². The van der Waals surface area contributed by atoms with Gasteiger partial charge in [-0.25, -0.2) is 4.79 Å². The molecule has 0 aromatic heterocycles. The fraction of sp³-hybridized carbons (Fsp3) is 0.438. The Morgan fingerprint density at radius 3 is 2.13 bits per heavy atom. The van der Waals surface area contributed by atoms with Gasteiger partial charge in [0.1, 0.15) is 0 Å². The van der Waals surface area contributed by atoms with E-state index in [1.807, 2.05) is 0 Å². The van der Waals surface area contributed by atoms with Crippen molar-refractivity contribution in [1.82, 2.24) is 5.32 Å². The summed E-state index contributed by atoms with van der Waals surface area (Å²) in [5.41, 5.74) is 1.18. The van der Waals surface area contributed by atoms with Gasteiger partial charge in [0.05, 0.1) is 5.92 Å². The van der Waals surface area contributed by atoms with Gasteiger partial charge in [0.25, 0.3) is 0 Å². The van der Waals surface area contributed by atoms with Gasteiger partial charge in [-0.3, -0.25) is 9.59 Å². The number of nitrogens with one attached hydrogen (secondary N) is 3. The van der Waals surface area contributed by atoms with Gasteiger partial charge in [-0.2, -0.15) is 0 Å². The zero-order valence-corrected chi connectivity index (χ0v) is 13.0. The van der Waals surface area contributed by atoms with Crippen LogP contribution in [0, 0.1) is 11.8 Å². The van der Waals surface area contributed by atoms with Crippen molar-refractivity contribution in [3.05, 3.63) is 24.3 Å². The Hall–Kier alpha value is -2.57. The van der Waals surface area contributed by atoms with Crippen molar-refractivity contribution in [2.24, 2.45) is 11.8 Å². The van der Waals surface area contributed by atoms with E-state index in [2.05, 4.69) is 16.0 Å². The molecule has 1 aliphatic rings. The molecule has 2 rings (SSSR count). The third kappa shape index (κ3) is 4.70. The highest BCUT2D eigenvalue weighted by atomic mass is 16.4. The predicted molar refractivity (Wildman–Crippen MR) is 86.2 cm³/mol. The summed E-state index contributed by atoms with van der Waals surface area (Å²) in [6.07, 6.45) is 2.23. The standard InChI is InChI=1S/C16H21N3O4/c1-17-16(23)19-13-4-2-3-12(9-13)18-14(20)10-5-7-11(8-6-10)15(21)22/h2-4,9-11H,5-8H2,1H3,(H,18,20)(H,21,22)(H2,17,19,23). The highest BCUT2D eigenvalue weighted by Gasteiger charge is 2.29. The van der Waals surface area contributed by atoms with Crippen LogP contribution in [0.15, 0.2) is 24.3 Å². The molecule has 0 atom stereocenters. The molecule has 4 N–H and O–H groups in total. The zero-order chi connectivity index (χ0) is 16.8. The van der Waals surface area contributed by atoms with Gasteiger partial charge in [0.15, 0.2) is 0 Å². The summed E-state index contributed by atoms with van der Waals surface area (Å²) in [4.78, 5) is 34.5. The number of carboxylic acids is 1. The first kappa shape index (κ1) is 16.8. The summed E-state index contributed by atoms with van der Waals surface area (Å²) in [5.74, 6) is -1.39. The molecule has 3 amide bonds. The Morgan fingerprint density at radius 1 is 1.00 bits per heavy atom. The highest BCUT2D eigenvalue weighted by Crippen LogP contribution is 2.30. The molecule has 0 aliphatic heterocycles. The Bertz CT molecular complexity index is 595. The molecule has 0 unspecified atom stereocenters. The Labute approximate surface area is 134 Å². The molecule has 124 valence electrons. The van der Waals surface area contributed by atoms with Crippen LogP contribution < -0.4 is 16.0 Å².